The monoisotopic (exact) mass is 534 g/mol. The van der Waals surface area contributed by atoms with Crippen LogP contribution in [-0.4, -0.2) is 37.4 Å². The number of nitrogens with one attached hydrogen (secondary N) is 1. The maximum atomic E-state index is 13.2. The summed E-state index contributed by atoms with van der Waals surface area (Å²) in [6.45, 7) is 3.60. The quantitative estimate of drug-likeness (QED) is 0.219. The molecule has 3 aromatic carbocycles. The van der Waals surface area contributed by atoms with E-state index >= 15 is 0 Å². The number of halogens is 1. The summed E-state index contributed by atoms with van der Waals surface area (Å²) in [5, 5.41) is 7.52. The van der Waals surface area contributed by atoms with E-state index in [0.29, 0.717) is 38.1 Å². The number of ether oxygens (including phenoxy) is 1. The second kappa shape index (κ2) is 13.6. The number of hydrogen-bond donors (Lipinski definition) is 2. The van der Waals surface area contributed by atoms with Crippen LogP contribution >= 0.6 is 12.4 Å². The van der Waals surface area contributed by atoms with Crippen LogP contribution in [0.25, 0.3) is 0 Å². The average molecular weight is 535 g/mol. The van der Waals surface area contributed by atoms with E-state index in [-0.39, 0.29) is 36.7 Å². The van der Waals surface area contributed by atoms with Crippen LogP contribution in [0.3, 0.4) is 0 Å². The van der Waals surface area contributed by atoms with Crippen LogP contribution in [0.5, 0.6) is 0 Å². The third-order valence-electron chi connectivity index (χ3n) is 6.58. The lowest BCUT2D eigenvalue weighted by Gasteiger charge is -2.32. The van der Waals surface area contributed by atoms with Gasteiger partial charge in [0.25, 0.3) is 0 Å². The number of fused-ring (bicyclic) bond motifs is 1. The molecule has 0 spiro atoms. The van der Waals surface area contributed by atoms with Crippen molar-refractivity contribution >= 4 is 41.5 Å². The fourth-order valence-corrected chi connectivity index (χ4v) is 4.68. The molecule has 7 nitrogen and oxygen atoms in total. The van der Waals surface area contributed by atoms with E-state index in [1.54, 1.807) is 0 Å². The highest BCUT2D eigenvalue weighted by Gasteiger charge is 2.24. The summed E-state index contributed by atoms with van der Waals surface area (Å²) in [6, 6.07) is 23.6. The normalized spacial score (nSPS) is 12.2. The largest absolute Gasteiger partial charge is 0.465 e. The molecule has 0 aliphatic carbocycles. The molecule has 1 aliphatic heterocycles. The zero-order valence-electron chi connectivity index (χ0n) is 21.7. The third kappa shape index (κ3) is 7.35. The summed E-state index contributed by atoms with van der Waals surface area (Å²) in [6.07, 6.45) is 2.82. The van der Waals surface area contributed by atoms with Crippen LogP contribution in [0, 0.1) is 5.41 Å². The van der Waals surface area contributed by atoms with Gasteiger partial charge < -0.3 is 20.3 Å². The standard InChI is InChI=1S/C30H34N4O3.ClH/c1-2-37-29(36)21-33(20-23-7-4-3-5-8-23)26-15-16-27-25(19-26)9-6-18-34(27)28(35)17-12-22-10-13-24(14-11-22)30(31)32;/h3-5,7-8,10-11,13-16,19H,2,6,9,12,17-18,20-21H2,1H3,(H3,31,32);1H. The number of amides is 1. The second-order valence-electron chi connectivity index (χ2n) is 9.22. The van der Waals surface area contributed by atoms with Crippen molar-refractivity contribution in [2.75, 3.05) is 29.5 Å². The Morgan fingerprint density at radius 3 is 2.45 bits per heavy atom. The second-order valence-corrected chi connectivity index (χ2v) is 9.22. The Kier molecular flexibility index (Phi) is 10.3. The average Bonchev–Trinajstić information content (AvgIpc) is 2.91. The minimum absolute atomic E-state index is 0. The number of anilines is 2. The van der Waals surface area contributed by atoms with E-state index in [9.17, 15) is 9.59 Å². The number of nitrogens with two attached hydrogens (primary N) is 1. The Morgan fingerprint density at radius 2 is 1.76 bits per heavy atom. The molecular weight excluding hydrogens is 500 g/mol. The summed E-state index contributed by atoms with van der Waals surface area (Å²) < 4.78 is 5.22. The number of carbonyl (C=O) groups is 2. The van der Waals surface area contributed by atoms with Crippen molar-refractivity contribution in [2.45, 2.75) is 39.2 Å². The van der Waals surface area contributed by atoms with Gasteiger partial charge in [-0.1, -0.05) is 54.6 Å². The van der Waals surface area contributed by atoms with Crippen molar-refractivity contribution < 1.29 is 14.3 Å². The van der Waals surface area contributed by atoms with Crippen LogP contribution < -0.4 is 15.5 Å². The molecule has 0 saturated carbocycles. The summed E-state index contributed by atoms with van der Waals surface area (Å²) in [4.78, 5) is 29.5. The van der Waals surface area contributed by atoms with E-state index in [0.717, 1.165) is 40.9 Å². The molecule has 0 bridgehead atoms. The van der Waals surface area contributed by atoms with Crippen molar-refractivity contribution in [3.63, 3.8) is 0 Å². The SMILES string of the molecule is CCOC(=O)CN(Cc1ccccc1)c1ccc2c(c1)CCCN2C(=O)CCc1ccc(C(=N)N)cc1.Cl. The first-order valence-corrected chi connectivity index (χ1v) is 12.8. The Balaban J connectivity index is 0.00000400. The van der Waals surface area contributed by atoms with Gasteiger partial charge in [0.2, 0.25) is 5.91 Å². The molecule has 8 heteroatoms. The number of hydrogen-bond acceptors (Lipinski definition) is 5. The van der Waals surface area contributed by atoms with Crippen molar-refractivity contribution in [3.05, 3.63) is 95.1 Å². The van der Waals surface area contributed by atoms with E-state index in [2.05, 4.69) is 6.07 Å². The highest BCUT2D eigenvalue weighted by molar-refractivity contribution is 5.96. The van der Waals surface area contributed by atoms with Gasteiger partial charge in [-0.3, -0.25) is 15.0 Å². The lowest BCUT2D eigenvalue weighted by atomic mass is 9.99. The van der Waals surface area contributed by atoms with Gasteiger partial charge in [-0.2, -0.15) is 0 Å². The summed E-state index contributed by atoms with van der Waals surface area (Å²) >= 11 is 0. The molecule has 0 aromatic heterocycles. The molecule has 38 heavy (non-hydrogen) atoms. The van der Waals surface area contributed by atoms with E-state index in [1.165, 1.54) is 0 Å². The Morgan fingerprint density at radius 1 is 1.03 bits per heavy atom. The molecular formula is C30H35ClN4O3. The number of rotatable bonds is 10. The fraction of sp³-hybridized carbons (Fsp3) is 0.300. The molecule has 0 atom stereocenters. The molecule has 200 valence electrons. The Hall–Kier alpha value is -3.84. The molecule has 1 heterocycles. The number of amidine groups is 1. The number of nitrogen functional groups attached to an aromatic ring is 1. The van der Waals surface area contributed by atoms with Gasteiger partial charge in [0.15, 0.2) is 0 Å². The van der Waals surface area contributed by atoms with Crippen molar-refractivity contribution in [1.82, 2.24) is 0 Å². The molecule has 1 amide bonds. The number of carbonyl (C=O) groups excluding carboxylic acids is 2. The van der Waals surface area contributed by atoms with Crippen molar-refractivity contribution in [2.24, 2.45) is 5.73 Å². The summed E-state index contributed by atoms with van der Waals surface area (Å²) in [5.74, 6) is -0.127. The highest BCUT2D eigenvalue weighted by Crippen LogP contribution is 2.32. The van der Waals surface area contributed by atoms with Crippen LogP contribution in [-0.2, 0) is 33.7 Å². The molecule has 0 unspecified atom stereocenters. The topological polar surface area (TPSA) is 99.7 Å². The highest BCUT2D eigenvalue weighted by atomic mass is 35.5. The van der Waals surface area contributed by atoms with Crippen LogP contribution in [0.4, 0.5) is 11.4 Å². The molecule has 0 saturated heterocycles. The van der Waals surface area contributed by atoms with E-state index < -0.39 is 0 Å². The van der Waals surface area contributed by atoms with Gasteiger partial charge >= 0.3 is 5.97 Å². The molecule has 0 radical (unpaired) electrons. The molecule has 0 fully saturated rings. The molecule has 3 N–H and O–H groups in total. The fourth-order valence-electron chi connectivity index (χ4n) is 4.68. The number of esters is 1. The lowest BCUT2D eigenvalue weighted by molar-refractivity contribution is -0.141. The maximum absolute atomic E-state index is 13.2. The Labute approximate surface area is 230 Å². The Bertz CT molecular complexity index is 1250. The molecule has 4 rings (SSSR count). The van der Waals surface area contributed by atoms with Crippen LogP contribution in [0.1, 0.15) is 42.0 Å². The van der Waals surface area contributed by atoms with Gasteiger partial charge in [-0.25, -0.2) is 0 Å². The minimum atomic E-state index is -0.260. The minimum Gasteiger partial charge on any atom is -0.465 e. The zero-order chi connectivity index (χ0) is 26.2. The van der Waals surface area contributed by atoms with Gasteiger partial charge in [-0.15, -0.1) is 12.4 Å². The molecule has 1 aliphatic rings. The van der Waals surface area contributed by atoms with Crippen molar-refractivity contribution in [1.29, 1.82) is 5.41 Å². The summed E-state index contributed by atoms with van der Waals surface area (Å²) in [5.41, 5.74) is 11.4. The van der Waals surface area contributed by atoms with Crippen LogP contribution in [0.2, 0.25) is 0 Å². The van der Waals surface area contributed by atoms with Gasteiger partial charge in [0.05, 0.1) is 6.61 Å². The summed E-state index contributed by atoms with van der Waals surface area (Å²) in [7, 11) is 0. The van der Waals surface area contributed by atoms with E-state index in [4.69, 9.17) is 15.9 Å². The van der Waals surface area contributed by atoms with Crippen molar-refractivity contribution in [3.8, 4) is 0 Å². The predicted octanol–water partition coefficient (Wildman–Crippen LogP) is 4.87. The van der Waals surface area contributed by atoms with Gasteiger partial charge in [0.1, 0.15) is 12.4 Å². The number of nitrogens with zero attached hydrogens (tertiary/aromatic N) is 2. The lowest BCUT2D eigenvalue weighted by Crippen LogP contribution is -2.36. The molecule has 3 aromatic rings. The van der Waals surface area contributed by atoms with Gasteiger partial charge in [0, 0.05) is 36.4 Å². The van der Waals surface area contributed by atoms with Gasteiger partial charge in [-0.05, 0) is 61.1 Å². The number of benzene rings is 3. The first kappa shape index (κ1) is 28.7. The third-order valence-corrected chi connectivity index (χ3v) is 6.58. The number of aryl methyl sites for hydroxylation is 2. The maximum Gasteiger partial charge on any atom is 0.325 e. The predicted molar refractivity (Wildman–Crippen MR) is 154 cm³/mol. The smallest absolute Gasteiger partial charge is 0.325 e. The first-order valence-electron chi connectivity index (χ1n) is 12.8. The van der Waals surface area contributed by atoms with Crippen LogP contribution in [0.15, 0.2) is 72.8 Å². The van der Waals surface area contributed by atoms with E-state index in [1.807, 2.05) is 83.5 Å². The zero-order valence-corrected chi connectivity index (χ0v) is 22.5. The first-order chi connectivity index (χ1) is 17.9.